The van der Waals surface area contributed by atoms with Crippen LogP contribution in [0.5, 0.6) is 0 Å². The normalized spacial score (nSPS) is 28.7. The van der Waals surface area contributed by atoms with Crippen LogP contribution in [0, 0.1) is 5.92 Å². The average molecular weight is 290 g/mol. The molecule has 0 radical (unpaired) electrons. The van der Waals surface area contributed by atoms with Crippen molar-refractivity contribution in [3.8, 4) is 0 Å². The quantitative estimate of drug-likeness (QED) is 0.623. The highest BCUT2D eigenvalue weighted by molar-refractivity contribution is 5.93. The van der Waals surface area contributed by atoms with Gasteiger partial charge in [0.2, 0.25) is 0 Å². The number of quaternary nitrogens is 1. The van der Waals surface area contributed by atoms with Gasteiger partial charge in [-0.1, -0.05) is 43.3 Å². The van der Waals surface area contributed by atoms with Gasteiger partial charge in [0.25, 0.3) is 0 Å². The molecule has 2 aliphatic heterocycles. The highest BCUT2D eigenvalue weighted by Gasteiger charge is 2.47. The zero-order valence-corrected chi connectivity index (χ0v) is 13.4. The first-order valence-corrected chi connectivity index (χ1v) is 8.83. The Hall–Kier alpha value is -1.60. The molecular formula is C21H24N+. The molecule has 2 fully saturated rings. The molecule has 0 unspecified atom stereocenters. The van der Waals surface area contributed by atoms with Crippen molar-refractivity contribution in [2.75, 3.05) is 26.2 Å². The Morgan fingerprint density at radius 1 is 1.00 bits per heavy atom. The van der Waals surface area contributed by atoms with Gasteiger partial charge in [-0.2, -0.15) is 0 Å². The molecule has 0 saturated carbocycles. The van der Waals surface area contributed by atoms with Crippen molar-refractivity contribution in [3.05, 3.63) is 53.1 Å². The molecule has 22 heavy (non-hydrogen) atoms. The molecule has 2 aromatic carbocycles. The van der Waals surface area contributed by atoms with E-state index in [2.05, 4.69) is 49.4 Å². The number of nitrogens with zero attached hydrogens (tertiary/aromatic N) is 1. The van der Waals surface area contributed by atoms with Crippen molar-refractivity contribution in [3.63, 3.8) is 0 Å². The molecular weight excluding hydrogens is 266 g/mol. The van der Waals surface area contributed by atoms with Crippen LogP contribution in [-0.2, 0) is 0 Å². The van der Waals surface area contributed by atoms with E-state index in [0.717, 1.165) is 5.92 Å². The molecule has 0 N–H and O–H groups in total. The van der Waals surface area contributed by atoms with Crippen LogP contribution in [-0.4, -0.2) is 30.7 Å². The van der Waals surface area contributed by atoms with E-state index >= 15 is 0 Å². The predicted octanol–water partition coefficient (Wildman–Crippen LogP) is 4.58. The summed E-state index contributed by atoms with van der Waals surface area (Å²) in [5.41, 5.74) is 4.82. The summed E-state index contributed by atoms with van der Waals surface area (Å²) in [7, 11) is 0. The summed E-state index contributed by atoms with van der Waals surface area (Å²) in [6.45, 7) is 8.00. The number of rotatable bonds is 0. The first-order valence-electron chi connectivity index (χ1n) is 8.83. The molecule has 0 bridgehead atoms. The minimum absolute atomic E-state index is 0.678. The molecule has 3 aliphatic rings. The van der Waals surface area contributed by atoms with Gasteiger partial charge in [-0.3, -0.25) is 0 Å². The summed E-state index contributed by atoms with van der Waals surface area (Å²) >= 11 is 0. The smallest absolute Gasteiger partial charge is 0.101 e. The molecule has 2 aromatic rings. The molecule has 0 amide bonds. The Kier molecular flexibility index (Phi) is 2.61. The number of hydrogen-bond donors (Lipinski definition) is 0. The van der Waals surface area contributed by atoms with Crippen molar-refractivity contribution < 1.29 is 4.48 Å². The summed E-state index contributed by atoms with van der Waals surface area (Å²) in [6.07, 6.45) is 5.43. The zero-order chi connectivity index (χ0) is 14.7. The maximum Gasteiger partial charge on any atom is 0.101 e. The van der Waals surface area contributed by atoms with Gasteiger partial charge in [0.15, 0.2) is 0 Å². The minimum atomic E-state index is 0.678. The topological polar surface area (TPSA) is 0 Å². The van der Waals surface area contributed by atoms with Crippen molar-refractivity contribution in [1.82, 2.24) is 0 Å². The molecule has 5 rings (SSSR count). The van der Waals surface area contributed by atoms with Crippen molar-refractivity contribution in [1.29, 1.82) is 0 Å². The van der Waals surface area contributed by atoms with E-state index < -0.39 is 0 Å². The third-order valence-electron chi connectivity index (χ3n) is 6.52. The van der Waals surface area contributed by atoms with Crippen LogP contribution in [0.1, 0.15) is 36.8 Å². The Labute approximate surface area is 132 Å². The number of fused-ring (bicyclic) bond motifs is 4. The van der Waals surface area contributed by atoms with E-state index in [9.17, 15) is 0 Å². The van der Waals surface area contributed by atoms with Crippen LogP contribution in [0.15, 0.2) is 42.0 Å². The molecule has 112 valence electrons. The lowest BCUT2D eigenvalue weighted by molar-refractivity contribution is -0.904. The van der Waals surface area contributed by atoms with Crippen molar-refractivity contribution in [2.24, 2.45) is 5.92 Å². The summed E-state index contributed by atoms with van der Waals surface area (Å²) in [6, 6.07) is 13.6. The lowest BCUT2D eigenvalue weighted by atomic mass is 9.76. The molecule has 2 heterocycles. The molecule has 1 nitrogen and oxygen atoms in total. The molecule has 1 aliphatic carbocycles. The standard InChI is InChI=1S/C21H24N/c1-15-18-9-8-16-6-2-3-7-19(16)20(18)12-17-13-22(14-21(15)17)10-4-5-11-22/h2-3,6-9,12,15,21H,4-5,10-11,13-14H2,1H3/q+1/t15-,21-/m1/s1. The van der Waals surface area contributed by atoms with Gasteiger partial charge in [-0.25, -0.2) is 0 Å². The SMILES string of the molecule is C[C@@H]1c2ccc3ccccc3c2C=C2C[N+]3(CCCC3)C[C@@H]21. The first-order chi connectivity index (χ1) is 10.8. The summed E-state index contributed by atoms with van der Waals surface area (Å²) in [4.78, 5) is 0. The van der Waals surface area contributed by atoms with Crippen LogP contribution >= 0.6 is 0 Å². The monoisotopic (exact) mass is 290 g/mol. The van der Waals surface area contributed by atoms with E-state index in [1.165, 1.54) is 59.8 Å². The van der Waals surface area contributed by atoms with Crippen LogP contribution in [0.3, 0.4) is 0 Å². The fourth-order valence-corrected chi connectivity index (χ4v) is 5.36. The fraction of sp³-hybridized carbons (Fsp3) is 0.429. The number of hydrogen-bond acceptors (Lipinski definition) is 0. The molecule has 1 spiro atoms. The van der Waals surface area contributed by atoms with Gasteiger partial charge in [0.1, 0.15) is 6.54 Å². The van der Waals surface area contributed by atoms with Gasteiger partial charge in [0, 0.05) is 18.8 Å². The second-order valence-electron chi connectivity index (χ2n) is 7.74. The third kappa shape index (κ3) is 1.69. The second kappa shape index (κ2) is 4.45. The predicted molar refractivity (Wildman–Crippen MR) is 92.8 cm³/mol. The van der Waals surface area contributed by atoms with Gasteiger partial charge in [-0.05, 0) is 39.5 Å². The maximum atomic E-state index is 2.56. The van der Waals surface area contributed by atoms with E-state index in [4.69, 9.17) is 0 Å². The lowest BCUT2D eigenvalue weighted by Gasteiger charge is -2.30. The molecule has 2 saturated heterocycles. The Balaban J connectivity index is 1.67. The van der Waals surface area contributed by atoms with Gasteiger partial charge in [0.05, 0.1) is 19.6 Å². The molecule has 1 heteroatoms. The van der Waals surface area contributed by atoms with Crippen molar-refractivity contribution in [2.45, 2.75) is 25.7 Å². The van der Waals surface area contributed by atoms with Crippen molar-refractivity contribution >= 4 is 16.8 Å². The third-order valence-corrected chi connectivity index (χ3v) is 6.52. The van der Waals surface area contributed by atoms with E-state index in [1.807, 2.05) is 0 Å². The average Bonchev–Trinajstić information content (AvgIpc) is 3.14. The second-order valence-corrected chi connectivity index (χ2v) is 7.74. The maximum absolute atomic E-state index is 2.56. The van der Waals surface area contributed by atoms with E-state index in [-0.39, 0.29) is 0 Å². The van der Waals surface area contributed by atoms with Gasteiger partial charge >= 0.3 is 0 Å². The zero-order valence-electron chi connectivity index (χ0n) is 13.4. The first kappa shape index (κ1) is 12.9. The minimum Gasteiger partial charge on any atom is -0.320 e. The van der Waals surface area contributed by atoms with Crippen LogP contribution in [0.4, 0.5) is 0 Å². The fourth-order valence-electron chi connectivity index (χ4n) is 5.36. The van der Waals surface area contributed by atoms with E-state index in [1.54, 1.807) is 11.1 Å². The van der Waals surface area contributed by atoms with Crippen LogP contribution < -0.4 is 0 Å². The molecule has 0 aromatic heterocycles. The van der Waals surface area contributed by atoms with E-state index in [0.29, 0.717) is 5.92 Å². The van der Waals surface area contributed by atoms with Gasteiger partial charge in [-0.15, -0.1) is 0 Å². The molecule has 2 atom stereocenters. The highest BCUT2D eigenvalue weighted by atomic mass is 15.4. The Morgan fingerprint density at radius 2 is 1.82 bits per heavy atom. The lowest BCUT2D eigenvalue weighted by Crippen LogP contribution is -2.43. The Morgan fingerprint density at radius 3 is 2.68 bits per heavy atom. The van der Waals surface area contributed by atoms with Crippen LogP contribution in [0.25, 0.3) is 16.8 Å². The summed E-state index contributed by atoms with van der Waals surface area (Å²) < 4.78 is 1.38. The Bertz CT molecular complexity index is 780. The van der Waals surface area contributed by atoms with Crippen LogP contribution in [0.2, 0.25) is 0 Å². The summed E-state index contributed by atoms with van der Waals surface area (Å²) in [5.74, 6) is 1.46. The number of benzene rings is 2. The largest absolute Gasteiger partial charge is 0.320 e. The summed E-state index contributed by atoms with van der Waals surface area (Å²) in [5, 5.41) is 2.82. The van der Waals surface area contributed by atoms with Gasteiger partial charge < -0.3 is 4.48 Å². The highest BCUT2D eigenvalue weighted by Crippen LogP contribution is 2.47.